The van der Waals surface area contributed by atoms with Crippen LogP contribution in [0.2, 0.25) is 0 Å². The molecule has 5 heteroatoms. The number of nitrogens with zero attached hydrogens (tertiary/aromatic N) is 1. The lowest BCUT2D eigenvalue weighted by Gasteiger charge is -2.21. The van der Waals surface area contributed by atoms with Crippen LogP contribution < -0.4 is 5.32 Å². The lowest BCUT2D eigenvalue weighted by atomic mass is 10.1. The van der Waals surface area contributed by atoms with E-state index in [2.05, 4.69) is 5.32 Å². The number of hydrogen-bond acceptors (Lipinski definition) is 4. The Hall–Kier alpha value is -2.06. The van der Waals surface area contributed by atoms with Gasteiger partial charge in [0.15, 0.2) is 0 Å². The van der Waals surface area contributed by atoms with Gasteiger partial charge in [-0.15, -0.1) is 0 Å². The molecule has 2 N–H and O–H groups in total. The smallest absolute Gasteiger partial charge is 0.410 e. The predicted octanol–water partition coefficient (Wildman–Crippen LogP) is 2.71. The van der Waals surface area contributed by atoms with Gasteiger partial charge in [-0.2, -0.15) is 5.26 Å². The maximum absolute atomic E-state index is 11.6. The molecule has 0 saturated heterocycles. The SMILES string of the molecule is CCCCC[C@](O)(C#N)NC(=O)OCc1ccccc1. The fourth-order valence-corrected chi connectivity index (χ4v) is 1.71. The lowest BCUT2D eigenvalue weighted by Crippen LogP contribution is -2.47. The number of alkyl carbamates (subject to hydrolysis) is 1. The van der Waals surface area contributed by atoms with Crippen molar-refractivity contribution < 1.29 is 14.6 Å². The van der Waals surface area contributed by atoms with Crippen LogP contribution in [-0.4, -0.2) is 16.9 Å². The summed E-state index contributed by atoms with van der Waals surface area (Å²) in [7, 11) is 0. The molecule has 1 amide bonds. The van der Waals surface area contributed by atoms with Crippen molar-refractivity contribution >= 4 is 6.09 Å². The van der Waals surface area contributed by atoms with Crippen molar-refractivity contribution in [2.45, 2.75) is 44.9 Å². The number of nitriles is 1. The fourth-order valence-electron chi connectivity index (χ4n) is 1.71. The predicted molar refractivity (Wildman–Crippen MR) is 74.5 cm³/mol. The first kappa shape index (κ1) is 16.0. The largest absolute Gasteiger partial charge is 0.445 e. The Morgan fingerprint density at radius 2 is 2.10 bits per heavy atom. The minimum Gasteiger partial charge on any atom is -0.445 e. The third kappa shape index (κ3) is 5.72. The molecule has 0 spiro atoms. The Bertz CT molecular complexity index is 456. The zero-order valence-electron chi connectivity index (χ0n) is 11.6. The molecule has 0 saturated carbocycles. The number of carbonyl (C=O) groups is 1. The molecule has 0 unspecified atom stereocenters. The second-order valence-electron chi connectivity index (χ2n) is 4.62. The first-order chi connectivity index (χ1) is 9.59. The zero-order chi connectivity index (χ0) is 14.8. The summed E-state index contributed by atoms with van der Waals surface area (Å²) in [5, 5.41) is 21.1. The van der Waals surface area contributed by atoms with E-state index in [0.29, 0.717) is 6.42 Å². The van der Waals surface area contributed by atoms with E-state index in [1.807, 2.05) is 37.3 Å². The van der Waals surface area contributed by atoms with Crippen molar-refractivity contribution in [1.29, 1.82) is 5.26 Å². The van der Waals surface area contributed by atoms with Crippen molar-refractivity contribution in [3.63, 3.8) is 0 Å². The summed E-state index contributed by atoms with van der Waals surface area (Å²) in [6.45, 7) is 2.12. The third-order valence-electron chi connectivity index (χ3n) is 2.85. The second kappa shape index (κ2) is 8.18. The maximum atomic E-state index is 11.6. The van der Waals surface area contributed by atoms with Crippen LogP contribution in [0, 0.1) is 11.3 Å². The molecular weight excluding hydrogens is 256 g/mol. The van der Waals surface area contributed by atoms with Crippen molar-refractivity contribution in [2.24, 2.45) is 0 Å². The van der Waals surface area contributed by atoms with Crippen LogP contribution in [0.3, 0.4) is 0 Å². The molecule has 0 aliphatic carbocycles. The number of rotatable bonds is 7. The average Bonchev–Trinajstić information content (AvgIpc) is 2.46. The van der Waals surface area contributed by atoms with E-state index in [1.54, 1.807) is 6.07 Å². The van der Waals surface area contributed by atoms with Crippen molar-refractivity contribution in [3.05, 3.63) is 35.9 Å². The molecule has 0 fully saturated rings. The number of nitrogens with one attached hydrogen (secondary N) is 1. The highest BCUT2D eigenvalue weighted by Gasteiger charge is 2.28. The molecule has 5 nitrogen and oxygen atoms in total. The minimum absolute atomic E-state index is 0.100. The van der Waals surface area contributed by atoms with Gasteiger partial charge in [-0.25, -0.2) is 4.79 Å². The molecule has 1 aromatic carbocycles. The Balaban J connectivity index is 2.41. The van der Waals surface area contributed by atoms with Gasteiger partial charge in [0, 0.05) is 6.42 Å². The number of aliphatic hydroxyl groups is 1. The summed E-state index contributed by atoms with van der Waals surface area (Å²) < 4.78 is 4.97. The van der Waals surface area contributed by atoms with Crippen LogP contribution in [0.4, 0.5) is 4.79 Å². The van der Waals surface area contributed by atoms with Crippen molar-refractivity contribution in [1.82, 2.24) is 5.32 Å². The van der Waals surface area contributed by atoms with Crippen LogP contribution in [0.25, 0.3) is 0 Å². The topological polar surface area (TPSA) is 82.4 Å². The summed E-state index contributed by atoms with van der Waals surface area (Å²) in [5.74, 6) is 0. The lowest BCUT2D eigenvalue weighted by molar-refractivity contribution is 0.0403. The van der Waals surface area contributed by atoms with Gasteiger partial charge in [-0.05, 0) is 12.0 Å². The van der Waals surface area contributed by atoms with Crippen LogP contribution in [0.5, 0.6) is 0 Å². The Labute approximate surface area is 119 Å². The second-order valence-corrected chi connectivity index (χ2v) is 4.62. The molecule has 0 radical (unpaired) electrons. The molecule has 0 heterocycles. The molecule has 0 bridgehead atoms. The molecule has 0 aromatic heterocycles. The minimum atomic E-state index is -1.86. The number of carbonyl (C=O) groups excluding carboxylic acids is 1. The summed E-state index contributed by atoms with van der Waals surface area (Å²) in [5.41, 5.74) is -1.02. The zero-order valence-corrected chi connectivity index (χ0v) is 11.6. The number of amides is 1. The van der Waals surface area contributed by atoms with Gasteiger partial charge in [0.2, 0.25) is 5.72 Å². The molecule has 1 aromatic rings. The van der Waals surface area contributed by atoms with Crippen molar-refractivity contribution in [3.8, 4) is 6.07 Å². The molecule has 1 atom stereocenters. The quantitative estimate of drug-likeness (QED) is 0.455. The van der Waals surface area contributed by atoms with Crippen molar-refractivity contribution in [2.75, 3.05) is 0 Å². The van der Waals surface area contributed by atoms with E-state index >= 15 is 0 Å². The Morgan fingerprint density at radius 1 is 1.40 bits per heavy atom. The normalized spacial score (nSPS) is 13.1. The average molecular weight is 276 g/mol. The van der Waals surface area contributed by atoms with E-state index in [0.717, 1.165) is 18.4 Å². The van der Waals surface area contributed by atoms with Crippen LogP contribution in [-0.2, 0) is 11.3 Å². The van der Waals surface area contributed by atoms with E-state index in [9.17, 15) is 9.90 Å². The first-order valence-electron chi connectivity index (χ1n) is 6.72. The van der Waals surface area contributed by atoms with E-state index in [-0.39, 0.29) is 13.0 Å². The molecule has 0 aliphatic rings. The van der Waals surface area contributed by atoms with Gasteiger partial charge < -0.3 is 9.84 Å². The third-order valence-corrected chi connectivity index (χ3v) is 2.85. The maximum Gasteiger partial charge on any atom is 0.410 e. The monoisotopic (exact) mass is 276 g/mol. The molecular formula is C15H20N2O3. The number of benzene rings is 1. The highest BCUT2D eigenvalue weighted by Crippen LogP contribution is 2.12. The standard InChI is InChI=1S/C15H20N2O3/c1-2-3-7-10-15(19,12-16)17-14(18)20-11-13-8-5-4-6-9-13/h4-6,8-9,19H,2-3,7,10-11H2,1H3,(H,17,18)/t15-/m0/s1. The fraction of sp³-hybridized carbons (Fsp3) is 0.467. The highest BCUT2D eigenvalue weighted by atomic mass is 16.6. The van der Waals surface area contributed by atoms with Gasteiger partial charge in [-0.3, -0.25) is 5.32 Å². The summed E-state index contributed by atoms with van der Waals surface area (Å²) in [6.07, 6.45) is 1.93. The summed E-state index contributed by atoms with van der Waals surface area (Å²) in [4.78, 5) is 11.6. The Kier molecular flexibility index (Phi) is 6.54. The van der Waals surface area contributed by atoms with Gasteiger partial charge >= 0.3 is 6.09 Å². The number of ether oxygens (including phenoxy) is 1. The van der Waals surface area contributed by atoms with Gasteiger partial charge in [0.1, 0.15) is 12.7 Å². The summed E-state index contributed by atoms with van der Waals surface area (Å²) >= 11 is 0. The van der Waals surface area contributed by atoms with Crippen LogP contribution >= 0.6 is 0 Å². The van der Waals surface area contributed by atoms with Gasteiger partial charge in [0.25, 0.3) is 0 Å². The van der Waals surface area contributed by atoms with E-state index in [1.165, 1.54) is 0 Å². The Morgan fingerprint density at radius 3 is 2.70 bits per heavy atom. The number of hydrogen-bond donors (Lipinski definition) is 2. The van der Waals surface area contributed by atoms with Crippen LogP contribution in [0.1, 0.15) is 38.2 Å². The van der Waals surface area contributed by atoms with E-state index in [4.69, 9.17) is 10.00 Å². The highest BCUT2D eigenvalue weighted by molar-refractivity contribution is 5.68. The summed E-state index contributed by atoms with van der Waals surface area (Å²) in [6, 6.07) is 10.9. The van der Waals surface area contributed by atoms with Gasteiger partial charge in [-0.1, -0.05) is 50.1 Å². The molecule has 1 rings (SSSR count). The first-order valence-corrected chi connectivity index (χ1v) is 6.72. The molecule has 20 heavy (non-hydrogen) atoms. The molecule has 0 aliphatic heterocycles. The number of unbranched alkanes of at least 4 members (excludes halogenated alkanes) is 2. The van der Waals surface area contributed by atoms with Crippen LogP contribution in [0.15, 0.2) is 30.3 Å². The molecule has 108 valence electrons. The van der Waals surface area contributed by atoms with Gasteiger partial charge in [0.05, 0.1) is 0 Å². The van der Waals surface area contributed by atoms with E-state index < -0.39 is 11.8 Å².